The number of hydrogen-bond donors (Lipinski definition) is 1. The minimum atomic E-state index is -0.709. The van der Waals surface area contributed by atoms with E-state index in [1.54, 1.807) is 45.0 Å². The Hall–Kier alpha value is -3.09. The molecular formula is C18H18N2O5. The highest BCUT2D eigenvalue weighted by Crippen LogP contribution is 2.34. The molecule has 2 aromatic rings. The molecule has 2 heterocycles. The number of carbonyl (C=O) groups is 3. The molecule has 0 radical (unpaired) electrons. The molecule has 2 amide bonds. The van der Waals surface area contributed by atoms with Crippen LogP contribution in [0.3, 0.4) is 0 Å². The van der Waals surface area contributed by atoms with Crippen molar-refractivity contribution in [1.29, 1.82) is 0 Å². The minimum absolute atomic E-state index is 0.152. The number of amides is 2. The number of anilines is 2. The number of carbonyl (C=O) groups excluding carboxylic acids is 3. The van der Waals surface area contributed by atoms with Crippen LogP contribution >= 0.6 is 0 Å². The first-order chi connectivity index (χ1) is 11.9. The molecule has 130 valence electrons. The van der Waals surface area contributed by atoms with Gasteiger partial charge in [0.15, 0.2) is 5.76 Å². The molecule has 0 bridgehead atoms. The average molecular weight is 342 g/mol. The molecule has 7 nitrogen and oxygen atoms in total. The molecule has 0 saturated carbocycles. The van der Waals surface area contributed by atoms with Crippen molar-refractivity contribution < 1.29 is 23.5 Å². The lowest BCUT2D eigenvalue weighted by Crippen LogP contribution is -2.49. The first kappa shape index (κ1) is 16.8. The summed E-state index contributed by atoms with van der Waals surface area (Å²) in [6.07, 6.45) is 0. The summed E-state index contributed by atoms with van der Waals surface area (Å²) in [6.45, 7) is 5.33. The van der Waals surface area contributed by atoms with Gasteiger partial charge in [-0.15, -0.1) is 0 Å². The summed E-state index contributed by atoms with van der Waals surface area (Å²) in [5.74, 6) is -0.488. The number of furan rings is 1. The first-order valence-corrected chi connectivity index (χ1v) is 7.94. The van der Waals surface area contributed by atoms with Crippen molar-refractivity contribution in [3.63, 3.8) is 0 Å². The van der Waals surface area contributed by atoms with E-state index in [1.807, 2.05) is 0 Å². The number of esters is 1. The van der Waals surface area contributed by atoms with Gasteiger partial charge in [0.2, 0.25) is 5.91 Å². The highest BCUT2D eigenvalue weighted by Gasteiger charge is 2.35. The third kappa shape index (κ3) is 3.00. The first-order valence-electron chi connectivity index (χ1n) is 7.94. The number of ether oxygens (including phenoxy) is 1. The largest absolute Gasteiger partial charge is 0.462 e. The number of fused-ring (bicyclic) bond motifs is 1. The van der Waals surface area contributed by atoms with E-state index < -0.39 is 17.9 Å². The van der Waals surface area contributed by atoms with E-state index in [4.69, 9.17) is 9.15 Å². The minimum Gasteiger partial charge on any atom is -0.462 e. The molecule has 1 N–H and O–H groups in total. The number of nitrogens with one attached hydrogen (secondary N) is 1. The number of aryl methyl sites for hydroxylation is 1. The normalized spacial score (nSPS) is 16.2. The number of benzene rings is 1. The summed E-state index contributed by atoms with van der Waals surface area (Å²) in [4.78, 5) is 38.3. The molecule has 1 aliphatic rings. The molecule has 0 fully saturated rings. The molecule has 1 aliphatic heterocycles. The number of rotatable bonds is 3. The van der Waals surface area contributed by atoms with Crippen LogP contribution in [-0.2, 0) is 9.53 Å². The van der Waals surface area contributed by atoms with Gasteiger partial charge in [0.1, 0.15) is 11.8 Å². The Balaban J connectivity index is 2.02. The summed E-state index contributed by atoms with van der Waals surface area (Å²) < 4.78 is 10.4. The Morgan fingerprint density at radius 1 is 1.28 bits per heavy atom. The van der Waals surface area contributed by atoms with Crippen LogP contribution in [0.4, 0.5) is 11.4 Å². The van der Waals surface area contributed by atoms with E-state index in [9.17, 15) is 14.4 Å². The van der Waals surface area contributed by atoms with Crippen molar-refractivity contribution >= 4 is 29.2 Å². The van der Waals surface area contributed by atoms with Crippen LogP contribution < -0.4 is 10.2 Å². The molecule has 0 spiro atoms. The van der Waals surface area contributed by atoms with Gasteiger partial charge in [-0.25, -0.2) is 4.79 Å². The number of nitrogens with zero attached hydrogens (tertiary/aromatic N) is 1. The maximum absolute atomic E-state index is 12.8. The van der Waals surface area contributed by atoms with Crippen LogP contribution in [0.15, 0.2) is 34.7 Å². The molecule has 0 aliphatic carbocycles. The Kier molecular flexibility index (Phi) is 4.31. The lowest BCUT2D eigenvalue weighted by Gasteiger charge is -2.34. The summed E-state index contributed by atoms with van der Waals surface area (Å²) in [5.41, 5.74) is 1.18. The number of hydrogen-bond acceptors (Lipinski definition) is 5. The standard InChI is InChI=1S/C18H18N2O5/c1-4-24-18(23)12-6-7-14-13(9-12)19-16(21)11(3)20(14)17(22)15-8-5-10(2)25-15/h5-9,11H,4H2,1-3H3,(H,19,21). The van der Waals surface area contributed by atoms with Gasteiger partial charge in [0.05, 0.1) is 23.5 Å². The zero-order valence-electron chi connectivity index (χ0n) is 14.2. The van der Waals surface area contributed by atoms with E-state index in [-0.39, 0.29) is 18.3 Å². The zero-order valence-corrected chi connectivity index (χ0v) is 14.2. The molecule has 7 heteroatoms. The van der Waals surface area contributed by atoms with Crippen LogP contribution in [0, 0.1) is 6.92 Å². The van der Waals surface area contributed by atoms with E-state index in [2.05, 4.69) is 5.32 Å². The third-order valence-corrected chi connectivity index (χ3v) is 3.96. The molecule has 0 saturated heterocycles. The summed E-state index contributed by atoms with van der Waals surface area (Å²) in [6, 6.07) is 7.24. The maximum Gasteiger partial charge on any atom is 0.338 e. The van der Waals surface area contributed by atoms with E-state index in [0.717, 1.165) is 0 Å². The molecule has 25 heavy (non-hydrogen) atoms. The zero-order chi connectivity index (χ0) is 18.1. The van der Waals surface area contributed by atoms with Crippen LogP contribution in [0.1, 0.15) is 40.5 Å². The fourth-order valence-electron chi connectivity index (χ4n) is 2.70. The van der Waals surface area contributed by atoms with Gasteiger partial charge in [-0.2, -0.15) is 0 Å². The van der Waals surface area contributed by atoms with Gasteiger partial charge in [0.25, 0.3) is 5.91 Å². The van der Waals surface area contributed by atoms with Gasteiger partial charge in [-0.3, -0.25) is 14.5 Å². The van der Waals surface area contributed by atoms with Crippen molar-refractivity contribution in [3.8, 4) is 0 Å². The predicted molar refractivity (Wildman–Crippen MR) is 90.7 cm³/mol. The second-order valence-electron chi connectivity index (χ2n) is 5.70. The molecular weight excluding hydrogens is 324 g/mol. The van der Waals surface area contributed by atoms with Crippen molar-refractivity contribution in [2.45, 2.75) is 26.8 Å². The maximum atomic E-state index is 12.8. The highest BCUT2D eigenvalue weighted by molar-refractivity contribution is 6.16. The van der Waals surface area contributed by atoms with Gasteiger partial charge in [0, 0.05) is 0 Å². The second kappa shape index (κ2) is 6.43. The van der Waals surface area contributed by atoms with E-state index >= 15 is 0 Å². The van der Waals surface area contributed by atoms with Crippen LogP contribution in [0.25, 0.3) is 0 Å². The smallest absolute Gasteiger partial charge is 0.338 e. The Bertz CT molecular complexity index is 855. The van der Waals surface area contributed by atoms with Gasteiger partial charge < -0.3 is 14.5 Å². The highest BCUT2D eigenvalue weighted by atomic mass is 16.5. The quantitative estimate of drug-likeness (QED) is 0.867. The van der Waals surface area contributed by atoms with Crippen molar-refractivity contribution in [2.75, 3.05) is 16.8 Å². The summed E-state index contributed by atoms with van der Waals surface area (Å²) in [5, 5.41) is 2.72. The van der Waals surface area contributed by atoms with E-state index in [0.29, 0.717) is 22.7 Å². The Morgan fingerprint density at radius 2 is 2.04 bits per heavy atom. The molecule has 1 atom stereocenters. The lowest BCUT2D eigenvalue weighted by atomic mass is 10.1. The van der Waals surface area contributed by atoms with Crippen LogP contribution in [0.5, 0.6) is 0 Å². The van der Waals surface area contributed by atoms with Gasteiger partial charge >= 0.3 is 5.97 Å². The molecule has 1 aromatic heterocycles. The fraction of sp³-hybridized carbons (Fsp3) is 0.278. The molecule has 3 rings (SSSR count). The monoisotopic (exact) mass is 342 g/mol. The summed E-state index contributed by atoms with van der Waals surface area (Å²) in [7, 11) is 0. The predicted octanol–water partition coefficient (Wildman–Crippen LogP) is 2.75. The molecule has 1 aromatic carbocycles. The Labute approximate surface area is 144 Å². The van der Waals surface area contributed by atoms with Crippen molar-refractivity contribution in [3.05, 3.63) is 47.4 Å². The van der Waals surface area contributed by atoms with Crippen molar-refractivity contribution in [2.24, 2.45) is 0 Å². The summed E-state index contributed by atoms with van der Waals surface area (Å²) >= 11 is 0. The van der Waals surface area contributed by atoms with E-state index in [1.165, 1.54) is 11.0 Å². The van der Waals surface area contributed by atoms with Crippen LogP contribution in [-0.4, -0.2) is 30.4 Å². The fourth-order valence-corrected chi connectivity index (χ4v) is 2.70. The van der Waals surface area contributed by atoms with Crippen molar-refractivity contribution in [1.82, 2.24) is 0 Å². The topological polar surface area (TPSA) is 88.9 Å². The van der Waals surface area contributed by atoms with Crippen LogP contribution in [0.2, 0.25) is 0 Å². The Morgan fingerprint density at radius 3 is 2.68 bits per heavy atom. The molecule has 1 unspecified atom stereocenters. The average Bonchev–Trinajstić information content (AvgIpc) is 3.02. The lowest BCUT2D eigenvalue weighted by molar-refractivity contribution is -0.117. The second-order valence-corrected chi connectivity index (χ2v) is 5.70. The van der Waals surface area contributed by atoms with Gasteiger partial charge in [-0.05, 0) is 51.1 Å². The SMILES string of the molecule is CCOC(=O)c1ccc2c(c1)NC(=O)C(C)N2C(=O)c1ccc(C)o1. The van der Waals surface area contributed by atoms with Gasteiger partial charge in [-0.1, -0.05) is 0 Å². The third-order valence-electron chi connectivity index (χ3n) is 3.96.